The number of hydrogen-bond acceptors (Lipinski definition) is 3. The van der Waals surface area contributed by atoms with Gasteiger partial charge in [-0.3, -0.25) is 9.89 Å². The van der Waals surface area contributed by atoms with Crippen LogP contribution in [-0.4, -0.2) is 28.7 Å². The summed E-state index contributed by atoms with van der Waals surface area (Å²) < 4.78 is 0. The first kappa shape index (κ1) is 10.2. The first-order valence-electron chi connectivity index (χ1n) is 5.23. The van der Waals surface area contributed by atoms with E-state index in [1.807, 2.05) is 13.0 Å². The van der Waals surface area contributed by atoms with E-state index in [1.54, 1.807) is 0 Å². The van der Waals surface area contributed by atoms with Crippen molar-refractivity contribution in [3.8, 4) is 0 Å². The summed E-state index contributed by atoms with van der Waals surface area (Å²) in [5.41, 5.74) is 0.942. The lowest BCUT2D eigenvalue weighted by Crippen LogP contribution is -2.39. The van der Waals surface area contributed by atoms with Crippen molar-refractivity contribution in [1.29, 1.82) is 0 Å². The van der Waals surface area contributed by atoms with E-state index < -0.39 is 0 Å². The number of amides is 1. The summed E-state index contributed by atoms with van der Waals surface area (Å²) in [4.78, 5) is 11.8. The molecule has 0 radical (unpaired) electrons. The van der Waals surface area contributed by atoms with Crippen LogP contribution in [0.4, 0.5) is 5.82 Å². The van der Waals surface area contributed by atoms with Crippen LogP contribution in [0, 0.1) is 12.8 Å². The van der Waals surface area contributed by atoms with E-state index in [4.69, 9.17) is 0 Å². The third-order valence-corrected chi connectivity index (χ3v) is 2.77. The summed E-state index contributed by atoms with van der Waals surface area (Å²) in [5, 5.41) is 12.7. The number of aromatic nitrogens is 2. The highest BCUT2D eigenvalue weighted by Gasteiger charge is 2.29. The highest BCUT2D eigenvalue weighted by molar-refractivity contribution is 5.94. The number of aryl methyl sites for hydroxylation is 1. The Labute approximate surface area is 88.6 Å². The summed E-state index contributed by atoms with van der Waals surface area (Å²) in [6.07, 6.45) is 1.05. The van der Waals surface area contributed by atoms with E-state index in [9.17, 15) is 4.79 Å². The summed E-state index contributed by atoms with van der Waals surface area (Å²) in [5.74, 6) is 0.995. The van der Waals surface area contributed by atoms with Crippen molar-refractivity contribution in [1.82, 2.24) is 15.5 Å². The molecule has 1 aromatic heterocycles. The Balaban J connectivity index is 1.97. The molecule has 2 unspecified atom stereocenters. The molecule has 0 bridgehead atoms. The van der Waals surface area contributed by atoms with E-state index >= 15 is 0 Å². The fourth-order valence-electron chi connectivity index (χ4n) is 1.87. The molecular formula is C10H16N4O. The lowest BCUT2D eigenvalue weighted by Gasteiger charge is -2.13. The minimum Gasteiger partial charge on any atom is -0.308 e. The second-order valence-corrected chi connectivity index (χ2v) is 4.12. The number of carbonyl (C=O) groups is 1. The molecule has 1 aliphatic heterocycles. The molecule has 1 aliphatic rings. The predicted molar refractivity (Wildman–Crippen MR) is 57.5 cm³/mol. The van der Waals surface area contributed by atoms with E-state index in [-0.39, 0.29) is 11.9 Å². The van der Waals surface area contributed by atoms with Crippen molar-refractivity contribution in [2.24, 2.45) is 5.92 Å². The van der Waals surface area contributed by atoms with Crippen molar-refractivity contribution >= 4 is 11.7 Å². The van der Waals surface area contributed by atoms with Crippen LogP contribution in [0.3, 0.4) is 0 Å². The number of carbonyl (C=O) groups excluding carboxylic acids is 1. The van der Waals surface area contributed by atoms with Crippen LogP contribution in [-0.2, 0) is 4.79 Å². The maximum Gasteiger partial charge on any atom is 0.242 e. The molecule has 5 heteroatoms. The highest BCUT2D eigenvalue weighted by atomic mass is 16.2. The fraction of sp³-hybridized carbons (Fsp3) is 0.600. The van der Waals surface area contributed by atoms with Crippen LogP contribution in [0.5, 0.6) is 0 Å². The van der Waals surface area contributed by atoms with Gasteiger partial charge in [0, 0.05) is 11.8 Å². The van der Waals surface area contributed by atoms with Crippen molar-refractivity contribution in [3.05, 3.63) is 11.8 Å². The zero-order chi connectivity index (χ0) is 10.8. The van der Waals surface area contributed by atoms with Crippen molar-refractivity contribution in [2.75, 3.05) is 11.9 Å². The molecule has 0 aliphatic carbocycles. The van der Waals surface area contributed by atoms with Gasteiger partial charge in [0.25, 0.3) is 0 Å². The molecule has 1 amide bonds. The Kier molecular flexibility index (Phi) is 2.73. The van der Waals surface area contributed by atoms with Gasteiger partial charge in [0.1, 0.15) is 0 Å². The molecule has 0 saturated carbocycles. The van der Waals surface area contributed by atoms with Gasteiger partial charge in [-0.05, 0) is 25.8 Å². The third kappa shape index (κ3) is 2.18. The fourth-order valence-corrected chi connectivity index (χ4v) is 1.87. The van der Waals surface area contributed by atoms with Crippen molar-refractivity contribution in [2.45, 2.75) is 26.3 Å². The van der Waals surface area contributed by atoms with Gasteiger partial charge in [-0.1, -0.05) is 6.92 Å². The van der Waals surface area contributed by atoms with Gasteiger partial charge in [0.05, 0.1) is 6.04 Å². The standard InChI is InChI=1S/C10H16N4O/c1-6-3-4-11-9(6)10(15)12-8-5-7(2)13-14-8/h5-6,9,11H,3-4H2,1-2H3,(H2,12,13,14,15). The smallest absolute Gasteiger partial charge is 0.242 e. The molecule has 0 spiro atoms. The average Bonchev–Trinajstić information content (AvgIpc) is 2.75. The molecule has 2 rings (SSSR count). The number of rotatable bonds is 2. The van der Waals surface area contributed by atoms with Gasteiger partial charge in [-0.25, -0.2) is 0 Å². The van der Waals surface area contributed by atoms with Gasteiger partial charge in [0.15, 0.2) is 5.82 Å². The zero-order valence-corrected chi connectivity index (χ0v) is 9.00. The number of nitrogens with one attached hydrogen (secondary N) is 3. The molecule has 1 aromatic rings. The average molecular weight is 208 g/mol. The lowest BCUT2D eigenvalue weighted by atomic mass is 10.0. The Morgan fingerprint density at radius 2 is 2.47 bits per heavy atom. The minimum atomic E-state index is -0.0815. The number of hydrogen-bond donors (Lipinski definition) is 3. The quantitative estimate of drug-likeness (QED) is 0.668. The third-order valence-electron chi connectivity index (χ3n) is 2.77. The number of aromatic amines is 1. The van der Waals surface area contributed by atoms with E-state index in [0.717, 1.165) is 18.7 Å². The zero-order valence-electron chi connectivity index (χ0n) is 9.00. The molecule has 2 heterocycles. The van der Waals surface area contributed by atoms with Crippen LogP contribution in [0.1, 0.15) is 19.0 Å². The second kappa shape index (κ2) is 4.02. The first-order valence-corrected chi connectivity index (χ1v) is 5.23. The highest BCUT2D eigenvalue weighted by Crippen LogP contribution is 2.16. The molecule has 2 atom stereocenters. The minimum absolute atomic E-state index is 0.00602. The number of anilines is 1. The SMILES string of the molecule is Cc1cc(NC(=O)C2NCCC2C)n[nH]1. The Morgan fingerprint density at radius 1 is 1.67 bits per heavy atom. The largest absolute Gasteiger partial charge is 0.308 e. The summed E-state index contributed by atoms with van der Waals surface area (Å²) in [7, 11) is 0. The Bertz CT molecular complexity index is 360. The van der Waals surface area contributed by atoms with Gasteiger partial charge in [-0.2, -0.15) is 5.10 Å². The molecule has 3 N–H and O–H groups in total. The van der Waals surface area contributed by atoms with Gasteiger partial charge in [0.2, 0.25) is 5.91 Å². The maximum absolute atomic E-state index is 11.8. The van der Waals surface area contributed by atoms with E-state index in [0.29, 0.717) is 11.7 Å². The molecule has 15 heavy (non-hydrogen) atoms. The molecule has 1 saturated heterocycles. The molecular weight excluding hydrogens is 192 g/mol. The van der Waals surface area contributed by atoms with Crippen LogP contribution in [0.2, 0.25) is 0 Å². The summed E-state index contributed by atoms with van der Waals surface area (Å²) in [6, 6.07) is 1.74. The van der Waals surface area contributed by atoms with Gasteiger partial charge < -0.3 is 10.6 Å². The van der Waals surface area contributed by atoms with Crippen LogP contribution >= 0.6 is 0 Å². The summed E-state index contributed by atoms with van der Waals surface area (Å²) in [6.45, 7) is 4.90. The van der Waals surface area contributed by atoms with E-state index in [2.05, 4.69) is 27.8 Å². The number of H-pyrrole nitrogens is 1. The topological polar surface area (TPSA) is 69.8 Å². The lowest BCUT2D eigenvalue weighted by molar-refractivity contribution is -0.118. The van der Waals surface area contributed by atoms with Crippen LogP contribution in [0.15, 0.2) is 6.07 Å². The summed E-state index contributed by atoms with van der Waals surface area (Å²) >= 11 is 0. The second-order valence-electron chi connectivity index (χ2n) is 4.12. The molecule has 5 nitrogen and oxygen atoms in total. The Morgan fingerprint density at radius 3 is 3.00 bits per heavy atom. The van der Waals surface area contributed by atoms with Crippen molar-refractivity contribution < 1.29 is 4.79 Å². The van der Waals surface area contributed by atoms with E-state index in [1.165, 1.54) is 0 Å². The first-order chi connectivity index (χ1) is 7.16. The van der Waals surface area contributed by atoms with Crippen LogP contribution in [0.25, 0.3) is 0 Å². The van der Waals surface area contributed by atoms with Gasteiger partial charge >= 0.3 is 0 Å². The number of nitrogens with zero attached hydrogens (tertiary/aromatic N) is 1. The van der Waals surface area contributed by atoms with Crippen LogP contribution < -0.4 is 10.6 Å². The predicted octanol–water partition coefficient (Wildman–Crippen LogP) is 0.655. The molecule has 0 aromatic carbocycles. The molecule has 82 valence electrons. The Hall–Kier alpha value is -1.36. The van der Waals surface area contributed by atoms with Crippen molar-refractivity contribution in [3.63, 3.8) is 0 Å². The van der Waals surface area contributed by atoms with Gasteiger partial charge in [-0.15, -0.1) is 0 Å². The maximum atomic E-state index is 11.8. The molecule has 1 fully saturated rings. The monoisotopic (exact) mass is 208 g/mol. The normalized spacial score (nSPS) is 25.5.